The number of hydrogen-bond acceptors (Lipinski definition) is 9. The van der Waals surface area contributed by atoms with Crippen LogP contribution < -0.4 is 18.9 Å². The lowest BCUT2D eigenvalue weighted by molar-refractivity contribution is -0.141. The fourth-order valence-electron chi connectivity index (χ4n) is 5.40. The van der Waals surface area contributed by atoms with Crippen molar-refractivity contribution in [2.45, 2.75) is 32.6 Å². The molecule has 2 saturated heterocycles. The maximum atomic E-state index is 12.6. The molecule has 0 radical (unpaired) electrons. The maximum Gasteiger partial charge on any atom is 0.311 e. The molecule has 2 aliphatic rings. The van der Waals surface area contributed by atoms with Gasteiger partial charge in [0.05, 0.1) is 40.3 Å². The first-order valence-electron chi connectivity index (χ1n) is 14.1. The molecule has 2 aliphatic heterocycles. The van der Waals surface area contributed by atoms with Crippen LogP contribution in [0.25, 0.3) is 0 Å². The van der Waals surface area contributed by atoms with Crippen molar-refractivity contribution >= 4 is 17.8 Å². The second-order valence-electron chi connectivity index (χ2n) is 10.4. The summed E-state index contributed by atoms with van der Waals surface area (Å²) in [6.07, 6.45) is 1.21. The SMILES string of the molecule is CCN1CCN(C(=O)CCC(=O)Oc2ccc(C[C@H]3C(=O)OC[C@@H]3Cc3ccc(OC)c(OC)c3)cc2OC)CC1. The van der Waals surface area contributed by atoms with Gasteiger partial charge in [0, 0.05) is 38.5 Å². The molecule has 0 aliphatic carbocycles. The lowest BCUT2D eigenvalue weighted by Gasteiger charge is -2.34. The van der Waals surface area contributed by atoms with Gasteiger partial charge < -0.3 is 33.5 Å². The standard InChI is InChI=1S/C31H40N2O8/c1-5-32-12-14-33(15-13-32)29(34)10-11-30(35)41-26-9-7-22(19-28(26)39-4)17-24-23(20-40-31(24)36)16-21-6-8-25(37-2)27(18-21)38-3/h6-9,18-19,23-24H,5,10-17,20H2,1-4H3/t23-,24+/m0/s1. The van der Waals surface area contributed by atoms with E-state index in [1.54, 1.807) is 31.3 Å². The average Bonchev–Trinajstić information content (AvgIpc) is 3.34. The Morgan fingerprint density at radius 1 is 0.829 bits per heavy atom. The Balaban J connectivity index is 1.34. The average molecular weight is 569 g/mol. The van der Waals surface area contributed by atoms with Crippen LogP contribution in [-0.4, -0.2) is 88.3 Å². The van der Waals surface area contributed by atoms with Crippen molar-refractivity contribution in [3.8, 4) is 23.0 Å². The van der Waals surface area contributed by atoms with Gasteiger partial charge in [0.15, 0.2) is 23.0 Å². The fourth-order valence-corrected chi connectivity index (χ4v) is 5.40. The number of piperazine rings is 1. The largest absolute Gasteiger partial charge is 0.493 e. The summed E-state index contributed by atoms with van der Waals surface area (Å²) in [5.41, 5.74) is 1.89. The van der Waals surface area contributed by atoms with Gasteiger partial charge in [-0.05, 0) is 54.8 Å². The summed E-state index contributed by atoms with van der Waals surface area (Å²) in [5.74, 6) is 0.861. The van der Waals surface area contributed by atoms with E-state index in [1.807, 2.05) is 24.3 Å². The Morgan fingerprint density at radius 2 is 1.44 bits per heavy atom. The monoisotopic (exact) mass is 568 g/mol. The molecular formula is C31H40N2O8. The Labute approximate surface area is 241 Å². The molecule has 0 saturated carbocycles. The van der Waals surface area contributed by atoms with Gasteiger partial charge in [-0.1, -0.05) is 19.1 Å². The van der Waals surface area contributed by atoms with Gasteiger partial charge in [-0.15, -0.1) is 0 Å². The molecule has 222 valence electrons. The maximum absolute atomic E-state index is 12.6. The van der Waals surface area contributed by atoms with E-state index in [9.17, 15) is 14.4 Å². The Hall–Kier alpha value is -3.79. The minimum Gasteiger partial charge on any atom is -0.493 e. The smallest absolute Gasteiger partial charge is 0.311 e. The van der Waals surface area contributed by atoms with Crippen molar-refractivity contribution < 1.29 is 38.1 Å². The minimum atomic E-state index is -0.494. The molecule has 2 fully saturated rings. The summed E-state index contributed by atoms with van der Waals surface area (Å²) in [7, 11) is 4.69. The number of benzene rings is 2. The van der Waals surface area contributed by atoms with Gasteiger partial charge in [0.1, 0.15) is 0 Å². The molecule has 41 heavy (non-hydrogen) atoms. The molecule has 2 aromatic carbocycles. The molecule has 0 unspecified atom stereocenters. The number of amides is 1. The van der Waals surface area contributed by atoms with Crippen molar-refractivity contribution in [2.75, 3.05) is 60.7 Å². The molecule has 0 N–H and O–H groups in total. The zero-order valence-corrected chi connectivity index (χ0v) is 24.4. The topological polar surface area (TPSA) is 104 Å². The highest BCUT2D eigenvalue weighted by Crippen LogP contribution is 2.35. The van der Waals surface area contributed by atoms with Gasteiger partial charge in [-0.3, -0.25) is 14.4 Å². The summed E-state index contributed by atoms with van der Waals surface area (Å²) in [5, 5.41) is 0. The van der Waals surface area contributed by atoms with Gasteiger partial charge in [-0.25, -0.2) is 0 Å². The lowest BCUT2D eigenvalue weighted by atomic mass is 9.85. The van der Waals surface area contributed by atoms with Crippen LogP contribution in [0, 0.1) is 11.8 Å². The summed E-state index contributed by atoms with van der Waals surface area (Å²) < 4.78 is 27.2. The molecule has 10 heteroatoms. The third-order valence-corrected chi connectivity index (χ3v) is 7.88. The Morgan fingerprint density at radius 3 is 2.07 bits per heavy atom. The number of methoxy groups -OCH3 is 3. The molecule has 1 amide bonds. The first kappa shape index (κ1) is 30.2. The number of carbonyl (C=O) groups excluding carboxylic acids is 3. The van der Waals surface area contributed by atoms with E-state index in [0.29, 0.717) is 49.8 Å². The van der Waals surface area contributed by atoms with Crippen LogP contribution in [-0.2, 0) is 32.0 Å². The molecule has 10 nitrogen and oxygen atoms in total. The second kappa shape index (κ2) is 14.2. The van der Waals surface area contributed by atoms with E-state index in [-0.39, 0.29) is 42.3 Å². The number of nitrogens with zero attached hydrogens (tertiary/aromatic N) is 2. The predicted octanol–water partition coefficient (Wildman–Crippen LogP) is 3.14. The van der Waals surface area contributed by atoms with Crippen LogP contribution in [0.3, 0.4) is 0 Å². The van der Waals surface area contributed by atoms with E-state index in [0.717, 1.165) is 30.8 Å². The van der Waals surface area contributed by atoms with Crippen molar-refractivity contribution in [1.29, 1.82) is 0 Å². The quantitative estimate of drug-likeness (QED) is 0.282. The number of esters is 2. The summed E-state index contributed by atoms with van der Waals surface area (Å²) in [4.78, 5) is 41.8. The molecule has 0 bridgehead atoms. The van der Waals surface area contributed by atoms with Crippen molar-refractivity contribution in [1.82, 2.24) is 9.80 Å². The van der Waals surface area contributed by atoms with E-state index in [2.05, 4.69) is 11.8 Å². The van der Waals surface area contributed by atoms with Gasteiger partial charge in [-0.2, -0.15) is 0 Å². The van der Waals surface area contributed by atoms with Crippen LogP contribution in [0.15, 0.2) is 36.4 Å². The number of rotatable bonds is 12. The highest BCUT2D eigenvalue weighted by atomic mass is 16.6. The lowest BCUT2D eigenvalue weighted by Crippen LogP contribution is -2.48. The fraction of sp³-hybridized carbons (Fsp3) is 0.516. The number of likely N-dealkylation sites (N-methyl/N-ethyl adjacent to an activating group) is 1. The number of ether oxygens (including phenoxy) is 5. The minimum absolute atomic E-state index is 0.00779. The molecule has 0 spiro atoms. The Bertz CT molecular complexity index is 1220. The first-order valence-corrected chi connectivity index (χ1v) is 14.1. The van der Waals surface area contributed by atoms with Gasteiger partial charge >= 0.3 is 11.9 Å². The Kier molecular flexibility index (Phi) is 10.5. The normalized spacial score (nSPS) is 19.0. The first-order chi connectivity index (χ1) is 19.8. The van der Waals surface area contributed by atoms with Crippen LogP contribution in [0.2, 0.25) is 0 Å². The number of carbonyl (C=O) groups is 3. The third kappa shape index (κ3) is 7.70. The van der Waals surface area contributed by atoms with Gasteiger partial charge in [0.2, 0.25) is 5.91 Å². The highest BCUT2D eigenvalue weighted by molar-refractivity contribution is 5.82. The van der Waals surface area contributed by atoms with Crippen molar-refractivity contribution in [3.05, 3.63) is 47.5 Å². The van der Waals surface area contributed by atoms with Gasteiger partial charge in [0.25, 0.3) is 0 Å². The summed E-state index contributed by atoms with van der Waals surface area (Å²) in [6.45, 7) is 6.49. The van der Waals surface area contributed by atoms with E-state index >= 15 is 0 Å². The van der Waals surface area contributed by atoms with Crippen molar-refractivity contribution in [3.63, 3.8) is 0 Å². The highest BCUT2D eigenvalue weighted by Gasteiger charge is 2.37. The molecule has 2 atom stereocenters. The second-order valence-corrected chi connectivity index (χ2v) is 10.4. The number of cyclic esters (lactones) is 1. The number of hydrogen-bond donors (Lipinski definition) is 0. The molecular weight excluding hydrogens is 528 g/mol. The summed E-state index contributed by atoms with van der Waals surface area (Å²) >= 11 is 0. The predicted molar refractivity (Wildman–Crippen MR) is 151 cm³/mol. The van der Waals surface area contributed by atoms with Crippen LogP contribution in [0.5, 0.6) is 23.0 Å². The summed E-state index contributed by atoms with van der Waals surface area (Å²) in [6, 6.07) is 11.0. The van der Waals surface area contributed by atoms with E-state index in [4.69, 9.17) is 23.7 Å². The van der Waals surface area contributed by atoms with Crippen LogP contribution in [0.1, 0.15) is 30.9 Å². The zero-order chi connectivity index (χ0) is 29.4. The van der Waals surface area contributed by atoms with Crippen LogP contribution in [0.4, 0.5) is 0 Å². The molecule has 4 rings (SSSR count). The molecule has 2 aromatic rings. The van der Waals surface area contributed by atoms with Crippen LogP contribution >= 0.6 is 0 Å². The molecule has 0 aromatic heterocycles. The van der Waals surface area contributed by atoms with E-state index < -0.39 is 5.97 Å². The zero-order valence-electron chi connectivity index (χ0n) is 24.4. The third-order valence-electron chi connectivity index (χ3n) is 7.88. The van der Waals surface area contributed by atoms with Crippen molar-refractivity contribution in [2.24, 2.45) is 11.8 Å². The molecule has 2 heterocycles. The van der Waals surface area contributed by atoms with E-state index in [1.165, 1.54) is 7.11 Å².